The van der Waals surface area contributed by atoms with E-state index in [9.17, 15) is 15.0 Å². The Balaban J connectivity index is 1.64. The maximum Gasteiger partial charge on any atom is 0.178 e. The van der Waals surface area contributed by atoms with Gasteiger partial charge in [0, 0.05) is 16.7 Å². The Kier molecular flexibility index (Phi) is 4.01. The van der Waals surface area contributed by atoms with Crippen LogP contribution in [0.3, 0.4) is 0 Å². The first-order valence-electron chi connectivity index (χ1n) is 10.8. The number of halogens is 2. The summed E-state index contributed by atoms with van der Waals surface area (Å²) >= 11 is 0. The molecule has 4 fully saturated rings. The van der Waals surface area contributed by atoms with Crippen molar-refractivity contribution in [2.75, 3.05) is 6.61 Å². The van der Waals surface area contributed by atoms with Gasteiger partial charge in [-0.15, -0.1) is 0 Å². The fraction of sp³-hybridized carbons (Fsp3) is 0.783. The zero-order chi connectivity index (χ0) is 21.9. The van der Waals surface area contributed by atoms with Crippen LogP contribution in [0.1, 0.15) is 47.0 Å². The van der Waals surface area contributed by atoms with Crippen molar-refractivity contribution < 1.29 is 33.3 Å². The van der Waals surface area contributed by atoms with Crippen LogP contribution in [-0.4, -0.2) is 58.0 Å². The average Bonchev–Trinajstić information content (AvgIpc) is 3.05. The molecule has 0 radical (unpaired) electrons. The molecule has 4 aliphatic carbocycles. The molecule has 7 heteroatoms. The fourth-order valence-corrected chi connectivity index (χ4v) is 7.71. The third-order valence-corrected chi connectivity index (χ3v) is 9.06. The van der Waals surface area contributed by atoms with Crippen molar-refractivity contribution in [1.82, 2.24) is 0 Å². The van der Waals surface area contributed by atoms with Crippen LogP contribution < -0.4 is 0 Å². The summed E-state index contributed by atoms with van der Waals surface area (Å²) in [4.78, 5) is 11.9. The fourth-order valence-electron chi connectivity index (χ4n) is 7.71. The molecule has 30 heavy (non-hydrogen) atoms. The predicted molar refractivity (Wildman–Crippen MR) is 104 cm³/mol. The molecular weight excluding hydrogens is 394 g/mol. The number of carbonyl (C=O) groups excluding carboxylic acids is 1. The van der Waals surface area contributed by atoms with Crippen LogP contribution in [0.4, 0.5) is 8.78 Å². The van der Waals surface area contributed by atoms with Gasteiger partial charge in [0.1, 0.15) is 11.8 Å². The minimum atomic E-state index is -2.13. The quantitative estimate of drug-likeness (QED) is 0.677. The summed E-state index contributed by atoms with van der Waals surface area (Å²) in [5.41, 5.74) is -5.29. The lowest BCUT2D eigenvalue weighted by atomic mass is 9.44. The van der Waals surface area contributed by atoms with Crippen LogP contribution in [0.2, 0.25) is 0 Å². The van der Waals surface area contributed by atoms with E-state index >= 15 is 8.78 Å². The van der Waals surface area contributed by atoms with Gasteiger partial charge in [-0.05, 0) is 63.7 Å². The first kappa shape index (κ1) is 20.7. The van der Waals surface area contributed by atoms with Gasteiger partial charge in [-0.1, -0.05) is 13.0 Å². The maximum absolute atomic E-state index is 17.0. The smallest absolute Gasteiger partial charge is 0.178 e. The Hall–Kier alpha value is -1.15. The number of fused-ring (bicyclic) bond motifs is 7. The molecule has 0 aromatic rings. The van der Waals surface area contributed by atoms with E-state index in [1.807, 2.05) is 6.92 Å². The van der Waals surface area contributed by atoms with Crippen LogP contribution in [0.5, 0.6) is 0 Å². The molecule has 0 amide bonds. The molecule has 0 spiro atoms. The SMILES string of the molecule is CC1(C)O[C@@H]2C[C@H]3[C@@H]4C[C@H](F)C5=CC(=O)C=C[C@]5(C)[C@@]4(F)[C@@H](O)C[C@]3(C)[C@]2(CO)O1. The number of aliphatic hydroxyl groups is 2. The summed E-state index contributed by atoms with van der Waals surface area (Å²) in [6.07, 6.45) is 0.916. The van der Waals surface area contributed by atoms with Crippen molar-refractivity contribution in [1.29, 1.82) is 0 Å². The van der Waals surface area contributed by atoms with E-state index in [1.54, 1.807) is 20.8 Å². The Bertz CT molecular complexity index is 870. The second-order valence-electron chi connectivity index (χ2n) is 10.8. The van der Waals surface area contributed by atoms with Crippen molar-refractivity contribution in [2.45, 2.75) is 82.4 Å². The molecule has 166 valence electrons. The second-order valence-corrected chi connectivity index (χ2v) is 10.8. The summed E-state index contributed by atoms with van der Waals surface area (Å²) < 4.78 is 44.7. The highest BCUT2D eigenvalue weighted by Gasteiger charge is 2.78. The van der Waals surface area contributed by atoms with Gasteiger partial charge in [-0.3, -0.25) is 4.79 Å². The Morgan fingerprint density at radius 2 is 1.90 bits per heavy atom. The summed E-state index contributed by atoms with van der Waals surface area (Å²) in [5, 5.41) is 21.7. The number of aliphatic hydroxyl groups excluding tert-OH is 2. The molecule has 9 atom stereocenters. The first-order valence-corrected chi connectivity index (χ1v) is 10.8. The number of hydrogen-bond acceptors (Lipinski definition) is 5. The lowest BCUT2D eigenvalue weighted by Gasteiger charge is -2.63. The minimum absolute atomic E-state index is 0.0583. The van der Waals surface area contributed by atoms with Gasteiger partial charge < -0.3 is 19.7 Å². The van der Waals surface area contributed by atoms with Crippen molar-refractivity contribution in [3.63, 3.8) is 0 Å². The monoisotopic (exact) mass is 424 g/mol. The topological polar surface area (TPSA) is 76.0 Å². The molecule has 1 heterocycles. The number of rotatable bonds is 1. The lowest BCUT2D eigenvalue weighted by molar-refractivity contribution is -0.258. The Morgan fingerprint density at radius 1 is 1.20 bits per heavy atom. The first-order chi connectivity index (χ1) is 13.8. The second kappa shape index (κ2) is 5.80. The van der Waals surface area contributed by atoms with Gasteiger partial charge in [-0.25, -0.2) is 8.78 Å². The summed E-state index contributed by atoms with van der Waals surface area (Å²) in [6, 6.07) is 0. The number of carbonyl (C=O) groups is 1. The maximum atomic E-state index is 17.0. The average molecular weight is 424 g/mol. The molecule has 1 aliphatic heterocycles. The predicted octanol–water partition coefficient (Wildman–Crippen LogP) is 2.80. The van der Waals surface area contributed by atoms with Gasteiger partial charge in [0.05, 0.1) is 18.8 Å². The van der Waals surface area contributed by atoms with Crippen LogP contribution in [0.25, 0.3) is 0 Å². The van der Waals surface area contributed by atoms with Crippen molar-refractivity contribution in [3.05, 3.63) is 23.8 Å². The van der Waals surface area contributed by atoms with Gasteiger partial charge in [-0.2, -0.15) is 0 Å². The number of ether oxygens (including phenoxy) is 2. The number of hydrogen-bond donors (Lipinski definition) is 2. The molecule has 5 rings (SSSR count). The molecule has 0 unspecified atom stereocenters. The van der Waals surface area contributed by atoms with E-state index in [0.717, 1.165) is 0 Å². The zero-order valence-corrected chi connectivity index (χ0v) is 17.8. The van der Waals surface area contributed by atoms with Crippen molar-refractivity contribution in [3.8, 4) is 0 Å². The highest BCUT2D eigenvalue weighted by Crippen LogP contribution is 2.72. The number of allylic oxidation sites excluding steroid dienone is 4. The normalized spacial score (nSPS) is 56.1. The number of ketones is 1. The highest BCUT2D eigenvalue weighted by molar-refractivity contribution is 6.01. The molecule has 2 N–H and O–H groups in total. The Labute approximate surface area is 175 Å². The highest BCUT2D eigenvalue weighted by atomic mass is 19.1. The van der Waals surface area contributed by atoms with Gasteiger partial charge in [0.25, 0.3) is 0 Å². The molecule has 5 nitrogen and oxygen atoms in total. The lowest BCUT2D eigenvalue weighted by Crippen LogP contribution is -2.70. The molecular formula is C23H30F2O5. The standard InChI is InChI=1S/C23H30F2O5/c1-19(2)29-18-9-13-14-8-16(24)15-7-12(27)5-6-20(15,3)23(14,25)17(28)10-21(13,4)22(18,11-26)30-19/h5-7,13-14,16-18,26,28H,8-11H2,1-4H3/t13-,14-,16-,17-,18+,20-,21-,22+,23-/m0/s1. The van der Waals surface area contributed by atoms with Crippen molar-refractivity contribution in [2.24, 2.45) is 22.7 Å². The van der Waals surface area contributed by atoms with E-state index in [0.29, 0.717) is 6.42 Å². The number of alkyl halides is 2. The summed E-state index contributed by atoms with van der Waals surface area (Å²) in [5.74, 6) is -2.41. The summed E-state index contributed by atoms with van der Waals surface area (Å²) in [6.45, 7) is 6.73. The summed E-state index contributed by atoms with van der Waals surface area (Å²) in [7, 11) is 0. The van der Waals surface area contributed by atoms with Crippen LogP contribution >= 0.6 is 0 Å². The van der Waals surface area contributed by atoms with E-state index in [2.05, 4.69) is 0 Å². The Morgan fingerprint density at radius 3 is 2.57 bits per heavy atom. The molecule has 1 saturated heterocycles. The molecule has 5 aliphatic rings. The van der Waals surface area contributed by atoms with Crippen LogP contribution in [0, 0.1) is 22.7 Å². The van der Waals surface area contributed by atoms with Gasteiger partial charge in [0.15, 0.2) is 17.2 Å². The van der Waals surface area contributed by atoms with E-state index in [1.165, 1.54) is 18.2 Å². The zero-order valence-electron chi connectivity index (χ0n) is 17.8. The van der Waals surface area contributed by atoms with E-state index < -0.39 is 52.2 Å². The molecule has 0 aromatic heterocycles. The minimum Gasteiger partial charge on any atom is -0.393 e. The van der Waals surface area contributed by atoms with Gasteiger partial charge in [0.2, 0.25) is 0 Å². The van der Waals surface area contributed by atoms with Crippen molar-refractivity contribution >= 4 is 5.78 Å². The third-order valence-electron chi connectivity index (χ3n) is 9.06. The molecule has 0 aromatic carbocycles. The van der Waals surface area contributed by atoms with Gasteiger partial charge >= 0.3 is 0 Å². The molecule has 0 bridgehead atoms. The van der Waals surface area contributed by atoms with E-state index in [-0.39, 0.29) is 36.7 Å². The van der Waals surface area contributed by atoms with Crippen LogP contribution in [0.15, 0.2) is 23.8 Å². The largest absolute Gasteiger partial charge is 0.393 e. The third kappa shape index (κ3) is 2.13. The van der Waals surface area contributed by atoms with Crippen LogP contribution in [-0.2, 0) is 14.3 Å². The molecule has 3 saturated carbocycles. The van der Waals surface area contributed by atoms with E-state index in [4.69, 9.17) is 9.47 Å².